The molecule has 49 heavy (non-hydrogen) atoms. The Balaban J connectivity index is 1.50. The number of nitrogens with zero attached hydrogens (tertiary/aromatic N) is 6. The molecule has 0 spiro atoms. The lowest BCUT2D eigenvalue weighted by Gasteiger charge is -2.35. The van der Waals surface area contributed by atoms with Crippen LogP contribution >= 0.6 is 22.1 Å². The highest BCUT2D eigenvalue weighted by Gasteiger charge is 2.28. The zero-order chi connectivity index (χ0) is 35.2. The van der Waals surface area contributed by atoms with Gasteiger partial charge in [-0.2, -0.15) is 0 Å². The van der Waals surface area contributed by atoms with Gasteiger partial charge in [0.1, 0.15) is 16.3 Å². The lowest BCUT2D eigenvalue weighted by molar-refractivity contribution is 0.134. The zero-order valence-corrected chi connectivity index (χ0v) is 30.8. The molecule has 0 radical (unpaired) electrons. The van der Waals surface area contributed by atoms with E-state index in [1.54, 1.807) is 36.4 Å². The minimum absolute atomic E-state index is 0.00970. The van der Waals surface area contributed by atoms with Gasteiger partial charge in [-0.25, -0.2) is 15.0 Å². The van der Waals surface area contributed by atoms with Gasteiger partial charge in [0.05, 0.1) is 17.1 Å². The van der Waals surface area contributed by atoms with E-state index in [-0.39, 0.29) is 22.3 Å². The molecule has 1 fully saturated rings. The Morgan fingerprint density at radius 3 is 1.49 bits per heavy atom. The van der Waals surface area contributed by atoms with Crippen LogP contribution in [0.4, 0.5) is 0 Å². The fourth-order valence-electron chi connectivity index (χ4n) is 5.97. The minimum Gasteiger partial charge on any atom is -0.340 e. The van der Waals surface area contributed by atoms with Crippen molar-refractivity contribution in [1.82, 2.24) is 29.7 Å². The number of rotatable bonds is 11. The zero-order valence-electron chi connectivity index (χ0n) is 28.1. The van der Waals surface area contributed by atoms with Crippen molar-refractivity contribution in [2.45, 2.75) is 32.1 Å². The summed E-state index contributed by atoms with van der Waals surface area (Å²) < 4.78 is 37.3. The third kappa shape index (κ3) is 11.1. The van der Waals surface area contributed by atoms with Crippen LogP contribution in [0.15, 0.2) is 84.9 Å². The molecule has 5 rings (SSSR count). The van der Waals surface area contributed by atoms with Gasteiger partial charge in [-0.1, -0.05) is 48.5 Å². The molecule has 3 aromatic heterocycles. The van der Waals surface area contributed by atoms with Gasteiger partial charge in [0.15, 0.2) is 0 Å². The van der Waals surface area contributed by atoms with Crippen LogP contribution in [0.1, 0.15) is 22.6 Å². The minimum atomic E-state index is -3.56. The lowest BCUT2D eigenvalue weighted by atomic mass is 10.0. The molecule has 3 N–H and O–H groups in total. The second kappa shape index (κ2) is 16.0. The molecule has 0 bridgehead atoms. The SMILES string of the molecule is CP(=O)(O)c1cccc(CN2CCN(Cc3cccc(P(C)(=O)O)n3)C[C@H](Cc3ccccc3)N(Cc3cccc(P(C)(=O)O)n3)CC2)n1. The lowest BCUT2D eigenvalue weighted by Crippen LogP contribution is -2.46. The van der Waals surface area contributed by atoms with Crippen molar-refractivity contribution < 1.29 is 28.4 Å². The number of hydrogen-bond acceptors (Lipinski definition) is 9. The van der Waals surface area contributed by atoms with Crippen LogP contribution in [-0.4, -0.2) is 103 Å². The van der Waals surface area contributed by atoms with Crippen LogP contribution in [0.5, 0.6) is 0 Å². The number of aromatic nitrogens is 3. The molecule has 0 saturated carbocycles. The van der Waals surface area contributed by atoms with Crippen LogP contribution in [0.2, 0.25) is 0 Å². The van der Waals surface area contributed by atoms with E-state index in [4.69, 9.17) is 0 Å². The van der Waals surface area contributed by atoms with Crippen LogP contribution in [0.3, 0.4) is 0 Å². The maximum absolute atomic E-state index is 12.5. The molecule has 0 amide bonds. The monoisotopic (exact) mass is 726 g/mol. The normalized spacial score (nSPS) is 20.7. The molecule has 1 saturated heterocycles. The molecule has 4 heterocycles. The van der Waals surface area contributed by atoms with Crippen molar-refractivity contribution in [3.05, 3.63) is 108 Å². The summed E-state index contributed by atoms with van der Waals surface area (Å²) in [6.07, 6.45) is 0.740. The van der Waals surface area contributed by atoms with Crippen molar-refractivity contribution >= 4 is 38.4 Å². The first-order chi connectivity index (χ1) is 23.1. The molecule has 262 valence electrons. The van der Waals surface area contributed by atoms with E-state index >= 15 is 0 Å². The predicted octanol–water partition coefficient (Wildman–Crippen LogP) is 2.88. The van der Waals surface area contributed by atoms with E-state index in [9.17, 15) is 28.4 Å². The van der Waals surface area contributed by atoms with Gasteiger partial charge >= 0.3 is 0 Å². The Morgan fingerprint density at radius 2 is 1.00 bits per heavy atom. The molecular weight excluding hydrogens is 681 g/mol. The van der Waals surface area contributed by atoms with Gasteiger partial charge in [-0.3, -0.25) is 28.4 Å². The summed E-state index contributed by atoms with van der Waals surface area (Å²) in [5.41, 5.74) is 3.76. The Morgan fingerprint density at radius 1 is 0.571 bits per heavy atom. The van der Waals surface area contributed by atoms with Crippen molar-refractivity contribution in [2.75, 3.05) is 52.7 Å². The smallest absolute Gasteiger partial charge is 0.244 e. The topological polar surface area (TPSA) is 160 Å². The fraction of sp³-hybridized carbons (Fsp3) is 0.382. The van der Waals surface area contributed by atoms with E-state index in [0.29, 0.717) is 69.4 Å². The van der Waals surface area contributed by atoms with Gasteiger partial charge in [-0.15, -0.1) is 0 Å². The molecule has 1 aliphatic heterocycles. The average Bonchev–Trinajstić information content (AvgIpc) is 3.11. The van der Waals surface area contributed by atoms with E-state index in [0.717, 1.165) is 6.42 Å². The average molecular weight is 727 g/mol. The summed E-state index contributed by atoms with van der Waals surface area (Å²) in [5, 5.41) is 0. The standard InChI is InChI=1S/C34H45N6O6P3/c1-47(41,42)32-15-7-12-28(35-32)23-38-18-19-39(24-29-13-8-16-33(36-29)48(2,43)44)26-31(22-27-10-5-4-6-11-27)40(21-20-38)25-30-14-9-17-34(37-30)49(3,45)46/h4-17,31H,18-26H2,1-3H3,(H,41,42)(H,43,44)(H,45,46)/t31-/m0/s1. The molecular formula is C34H45N6O6P3. The van der Waals surface area contributed by atoms with Crippen molar-refractivity contribution in [1.29, 1.82) is 0 Å². The molecule has 0 aliphatic carbocycles. The molecule has 12 nitrogen and oxygen atoms in total. The van der Waals surface area contributed by atoms with E-state index in [1.807, 2.05) is 36.4 Å². The first kappa shape index (κ1) is 37.4. The predicted molar refractivity (Wildman–Crippen MR) is 194 cm³/mol. The molecule has 1 aromatic carbocycles. The number of hydrogen-bond donors (Lipinski definition) is 3. The van der Waals surface area contributed by atoms with E-state index < -0.39 is 22.1 Å². The van der Waals surface area contributed by atoms with Crippen LogP contribution in [-0.2, 0) is 39.8 Å². The highest BCUT2D eigenvalue weighted by molar-refractivity contribution is 7.65. The Bertz CT molecular complexity index is 1860. The van der Waals surface area contributed by atoms with Gasteiger partial charge in [0.25, 0.3) is 0 Å². The summed E-state index contributed by atoms with van der Waals surface area (Å²) in [7, 11) is -10.6. The molecule has 4 atom stereocenters. The van der Waals surface area contributed by atoms with Crippen molar-refractivity contribution in [3.8, 4) is 0 Å². The maximum Gasteiger partial charge on any atom is 0.244 e. The Kier molecular flexibility index (Phi) is 12.2. The number of benzene rings is 1. The van der Waals surface area contributed by atoms with Gasteiger partial charge in [0.2, 0.25) is 22.1 Å². The fourth-order valence-corrected chi connectivity index (χ4v) is 8.00. The van der Waals surface area contributed by atoms with Gasteiger partial charge in [-0.05, 0) is 48.4 Å². The first-order valence-corrected chi connectivity index (χ1v) is 22.5. The largest absolute Gasteiger partial charge is 0.340 e. The third-order valence-corrected chi connectivity index (χ3v) is 11.8. The summed E-state index contributed by atoms with van der Waals surface area (Å²) in [6.45, 7) is 8.55. The highest BCUT2D eigenvalue weighted by atomic mass is 31.2. The third-order valence-electron chi connectivity index (χ3n) is 8.52. The van der Waals surface area contributed by atoms with Crippen molar-refractivity contribution in [2.24, 2.45) is 0 Å². The molecule has 4 aromatic rings. The second-order valence-corrected chi connectivity index (χ2v) is 19.6. The second-order valence-electron chi connectivity index (χ2n) is 12.9. The van der Waals surface area contributed by atoms with Crippen LogP contribution in [0.25, 0.3) is 0 Å². The van der Waals surface area contributed by atoms with Gasteiger partial charge in [0, 0.05) is 78.4 Å². The van der Waals surface area contributed by atoms with Crippen LogP contribution < -0.4 is 16.3 Å². The number of pyridine rings is 3. The summed E-state index contributed by atoms with van der Waals surface area (Å²) >= 11 is 0. The van der Waals surface area contributed by atoms with Gasteiger partial charge < -0.3 is 14.7 Å². The first-order valence-electron chi connectivity index (χ1n) is 16.2. The molecule has 1 aliphatic rings. The Labute approximate surface area is 288 Å². The quantitative estimate of drug-likeness (QED) is 0.194. The van der Waals surface area contributed by atoms with E-state index in [2.05, 4.69) is 41.8 Å². The summed E-state index contributed by atoms with van der Waals surface area (Å²) in [6, 6.07) is 25.9. The summed E-state index contributed by atoms with van der Waals surface area (Å²) in [5.74, 6) is 0. The Hall–Kier alpha value is -2.88. The molecule has 3 unspecified atom stereocenters. The van der Waals surface area contributed by atoms with Crippen molar-refractivity contribution in [3.63, 3.8) is 0 Å². The highest BCUT2D eigenvalue weighted by Crippen LogP contribution is 2.34. The summed E-state index contributed by atoms with van der Waals surface area (Å²) in [4.78, 5) is 51.3. The van der Waals surface area contributed by atoms with E-state index in [1.165, 1.54) is 25.6 Å². The van der Waals surface area contributed by atoms with Crippen LogP contribution in [0, 0.1) is 0 Å². The molecule has 15 heteroatoms. The maximum atomic E-state index is 12.5.